The second-order valence-electron chi connectivity index (χ2n) is 6.35. The van der Waals surface area contributed by atoms with E-state index in [-0.39, 0.29) is 6.04 Å². The number of benzene rings is 1. The average Bonchev–Trinajstić information content (AvgIpc) is 3.13. The minimum Gasteiger partial charge on any atom is -0.479 e. The van der Waals surface area contributed by atoms with Gasteiger partial charge in [0, 0.05) is 6.04 Å². The van der Waals surface area contributed by atoms with E-state index in [2.05, 4.69) is 10.6 Å². The summed E-state index contributed by atoms with van der Waals surface area (Å²) in [5.41, 5.74) is 0. The zero-order valence-corrected chi connectivity index (χ0v) is 15.2. The van der Waals surface area contributed by atoms with Gasteiger partial charge >= 0.3 is 12.0 Å². The number of urea groups is 1. The number of carbonyl (C=O) groups excluding carboxylic acids is 3. The molecule has 0 aliphatic heterocycles. The molecule has 1 aromatic carbocycles. The molecule has 1 fully saturated rings. The van der Waals surface area contributed by atoms with E-state index in [0.29, 0.717) is 12.2 Å². The van der Waals surface area contributed by atoms with Crippen LogP contribution in [0.4, 0.5) is 4.79 Å². The Labute approximate surface area is 153 Å². The SMILES string of the molecule is CC[C@H](Oc1ccccc1)C(=O)O[C@@H](C)C(=O)NC(=O)NC1CCCC1. The fraction of sp³-hybridized carbons (Fsp3) is 0.526. The molecule has 0 aromatic heterocycles. The topological polar surface area (TPSA) is 93.7 Å². The first-order valence-electron chi connectivity index (χ1n) is 9.03. The Balaban J connectivity index is 1.80. The highest BCUT2D eigenvalue weighted by Crippen LogP contribution is 2.17. The summed E-state index contributed by atoms with van der Waals surface area (Å²) in [4.78, 5) is 36.1. The molecule has 26 heavy (non-hydrogen) atoms. The third-order valence-electron chi connectivity index (χ3n) is 4.24. The fourth-order valence-electron chi connectivity index (χ4n) is 2.77. The van der Waals surface area contributed by atoms with E-state index in [1.165, 1.54) is 6.92 Å². The van der Waals surface area contributed by atoms with Crippen LogP contribution in [0.2, 0.25) is 0 Å². The van der Waals surface area contributed by atoms with E-state index in [0.717, 1.165) is 25.7 Å². The van der Waals surface area contributed by atoms with Crippen molar-refractivity contribution in [3.8, 4) is 5.75 Å². The predicted octanol–water partition coefficient (Wildman–Crippen LogP) is 2.54. The molecular formula is C19H26N2O5. The lowest BCUT2D eigenvalue weighted by molar-refractivity contribution is -0.161. The van der Waals surface area contributed by atoms with E-state index in [9.17, 15) is 14.4 Å². The normalized spacial score (nSPS) is 16.4. The van der Waals surface area contributed by atoms with Crippen molar-refractivity contribution >= 4 is 17.9 Å². The fourth-order valence-corrected chi connectivity index (χ4v) is 2.77. The molecule has 0 radical (unpaired) electrons. The number of rotatable bonds is 7. The van der Waals surface area contributed by atoms with Crippen molar-refractivity contribution in [1.29, 1.82) is 0 Å². The van der Waals surface area contributed by atoms with Gasteiger partial charge in [0.2, 0.25) is 0 Å². The Morgan fingerprint density at radius 1 is 1.15 bits per heavy atom. The Morgan fingerprint density at radius 3 is 2.42 bits per heavy atom. The summed E-state index contributed by atoms with van der Waals surface area (Å²) >= 11 is 0. The van der Waals surface area contributed by atoms with Gasteiger partial charge in [0.25, 0.3) is 5.91 Å². The number of hydrogen-bond donors (Lipinski definition) is 2. The van der Waals surface area contributed by atoms with Gasteiger partial charge in [-0.2, -0.15) is 0 Å². The maximum Gasteiger partial charge on any atom is 0.348 e. The van der Waals surface area contributed by atoms with Crippen LogP contribution in [0.3, 0.4) is 0 Å². The van der Waals surface area contributed by atoms with Gasteiger partial charge in [-0.25, -0.2) is 9.59 Å². The van der Waals surface area contributed by atoms with E-state index < -0.39 is 30.1 Å². The third-order valence-corrected chi connectivity index (χ3v) is 4.24. The zero-order valence-electron chi connectivity index (χ0n) is 15.2. The average molecular weight is 362 g/mol. The van der Waals surface area contributed by atoms with Gasteiger partial charge in [-0.05, 0) is 38.3 Å². The molecule has 2 N–H and O–H groups in total. The number of hydrogen-bond acceptors (Lipinski definition) is 5. The van der Waals surface area contributed by atoms with Crippen LogP contribution in [0.15, 0.2) is 30.3 Å². The van der Waals surface area contributed by atoms with E-state index in [4.69, 9.17) is 9.47 Å². The lowest BCUT2D eigenvalue weighted by Crippen LogP contribution is -2.48. The van der Waals surface area contributed by atoms with Gasteiger partial charge in [0.1, 0.15) is 5.75 Å². The molecule has 0 unspecified atom stereocenters. The van der Waals surface area contributed by atoms with Gasteiger partial charge in [-0.1, -0.05) is 38.0 Å². The van der Waals surface area contributed by atoms with E-state index in [1.807, 2.05) is 6.07 Å². The second-order valence-corrected chi connectivity index (χ2v) is 6.35. The Bertz CT molecular complexity index is 614. The van der Waals surface area contributed by atoms with Gasteiger partial charge in [-0.3, -0.25) is 10.1 Å². The highest BCUT2D eigenvalue weighted by atomic mass is 16.6. The van der Waals surface area contributed by atoms with Crippen LogP contribution in [0.25, 0.3) is 0 Å². The summed E-state index contributed by atoms with van der Waals surface area (Å²) in [5, 5.41) is 4.96. The Morgan fingerprint density at radius 2 is 1.81 bits per heavy atom. The number of carbonyl (C=O) groups is 3. The summed E-state index contributed by atoms with van der Waals surface area (Å²) < 4.78 is 10.7. The van der Waals surface area contributed by atoms with Crippen molar-refractivity contribution in [2.24, 2.45) is 0 Å². The van der Waals surface area contributed by atoms with Crippen LogP contribution in [0, 0.1) is 0 Å². The molecule has 0 spiro atoms. The number of ether oxygens (including phenoxy) is 2. The lowest BCUT2D eigenvalue weighted by Gasteiger charge is -2.19. The van der Waals surface area contributed by atoms with Crippen molar-refractivity contribution < 1.29 is 23.9 Å². The molecule has 0 heterocycles. The highest BCUT2D eigenvalue weighted by Gasteiger charge is 2.27. The molecule has 7 heteroatoms. The van der Waals surface area contributed by atoms with E-state index in [1.54, 1.807) is 31.2 Å². The minimum absolute atomic E-state index is 0.101. The molecule has 2 rings (SSSR count). The lowest BCUT2D eigenvalue weighted by atomic mass is 10.2. The zero-order chi connectivity index (χ0) is 18.9. The summed E-state index contributed by atoms with van der Waals surface area (Å²) in [6.07, 6.45) is 2.47. The van der Waals surface area contributed by atoms with Crippen molar-refractivity contribution in [2.45, 2.75) is 64.2 Å². The molecule has 1 aliphatic carbocycles. The highest BCUT2D eigenvalue weighted by molar-refractivity contribution is 5.97. The molecule has 142 valence electrons. The molecular weight excluding hydrogens is 336 g/mol. The standard InChI is InChI=1S/C19H26N2O5/c1-3-16(26-15-11-5-4-6-12-15)18(23)25-13(2)17(22)21-19(24)20-14-9-7-8-10-14/h4-6,11-14,16H,3,7-10H2,1-2H3,(H2,20,21,22,24)/t13-,16-/m0/s1. The minimum atomic E-state index is -1.09. The van der Waals surface area contributed by atoms with Crippen LogP contribution in [0.5, 0.6) is 5.75 Å². The second kappa shape index (κ2) is 9.79. The Hall–Kier alpha value is -2.57. The van der Waals surface area contributed by atoms with Gasteiger partial charge < -0.3 is 14.8 Å². The molecule has 1 saturated carbocycles. The first kappa shape index (κ1) is 19.8. The van der Waals surface area contributed by atoms with Crippen LogP contribution in [-0.2, 0) is 14.3 Å². The number of para-hydroxylation sites is 1. The van der Waals surface area contributed by atoms with Crippen molar-refractivity contribution in [2.75, 3.05) is 0 Å². The summed E-state index contributed by atoms with van der Waals surface area (Å²) in [6, 6.07) is 8.45. The third kappa shape index (κ3) is 6.06. The van der Waals surface area contributed by atoms with Gasteiger partial charge in [0.05, 0.1) is 0 Å². The predicted molar refractivity (Wildman–Crippen MR) is 95.6 cm³/mol. The number of esters is 1. The van der Waals surface area contributed by atoms with Crippen molar-refractivity contribution in [3.05, 3.63) is 30.3 Å². The van der Waals surface area contributed by atoms with Gasteiger partial charge in [0.15, 0.2) is 12.2 Å². The summed E-state index contributed by atoms with van der Waals surface area (Å²) in [5.74, 6) is -0.761. The smallest absolute Gasteiger partial charge is 0.348 e. The summed E-state index contributed by atoms with van der Waals surface area (Å²) in [7, 11) is 0. The maximum atomic E-state index is 12.2. The first-order chi connectivity index (χ1) is 12.5. The van der Waals surface area contributed by atoms with Crippen LogP contribution >= 0.6 is 0 Å². The van der Waals surface area contributed by atoms with Crippen LogP contribution in [-0.4, -0.2) is 36.2 Å². The van der Waals surface area contributed by atoms with Crippen molar-refractivity contribution in [1.82, 2.24) is 10.6 Å². The van der Waals surface area contributed by atoms with Crippen molar-refractivity contribution in [3.63, 3.8) is 0 Å². The van der Waals surface area contributed by atoms with E-state index >= 15 is 0 Å². The Kier molecular flexibility index (Phi) is 7.44. The largest absolute Gasteiger partial charge is 0.479 e. The van der Waals surface area contributed by atoms with Crippen LogP contribution < -0.4 is 15.4 Å². The molecule has 3 amide bonds. The summed E-state index contributed by atoms with van der Waals surface area (Å²) in [6.45, 7) is 3.21. The molecule has 0 saturated heterocycles. The number of amides is 3. The van der Waals surface area contributed by atoms with Gasteiger partial charge in [-0.15, -0.1) is 0 Å². The monoisotopic (exact) mass is 362 g/mol. The maximum absolute atomic E-state index is 12.2. The molecule has 0 bridgehead atoms. The molecule has 2 atom stereocenters. The van der Waals surface area contributed by atoms with Crippen LogP contribution in [0.1, 0.15) is 46.0 Å². The number of imide groups is 1. The quantitative estimate of drug-likeness (QED) is 0.727. The molecule has 1 aliphatic rings. The number of nitrogens with one attached hydrogen (secondary N) is 2. The molecule has 7 nitrogen and oxygen atoms in total. The molecule has 1 aromatic rings. The first-order valence-corrected chi connectivity index (χ1v) is 9.03.